The maximum absolute atomic E-state index is 11.2. The molecule has 4 heteroatoms. The first kappa shape index (κ1) is 16.4. The van der Waals surface area contributed by atoms with Gasteiger partial charge < -0.3 is 14.7 Å². The number of anilines is 1. The Bertz CT molecular complexity index is 741. The van der Waals surface area contributed by atoms with Crippen LogP contribution in [0.25, 0.3) is 0 Å². The van der Waals surface area contributed by atoms with Crippen molar-refractivity contribution >= 4 is 11.7 Å². The van der Waals surface area contributed by atoms with Crippen LogP contribution < -0.4 is 9.64 Å². The molecule has 0 amide bonds. The molecule has 0 aliphatic carbocycles. The molecule has 2 aromatic carbocycles. The summed E-state index contributed by atoms with van der Waals surface area (Å²) >= 11 is 0. The van der Waals surface area contributed by atoms with Crippen molar-refractivity contribution in [2.75, 3.05) is 11.4 Å². The van der Waals surface area contributed by atoms with E-state index in [9.17, 15) is 9.90 Å². The summed E-state index contributed by atoms with van der Waals surface area (Å²) in [6.45, 7) is 5.76. The molecule has 126 valence electrons. The van der Waals surface area contributed by atoms with Crippen LogP contribution in [0.1, 0.15) is 41.8 Å². The van der Waals surface area contributed by atoms with Crippen LogP contribution in [0.4, 0.5) is 5.69 Å². The predicted octanol–water partition coefficient (Wildman–Crippen LogP) is 4.12. The van der Waals surface area contributed by atoms with E-state index in [0.29, 0.717) is 12.1 Å². The normalized spacial score (nSPS) is 16.4. The van der Waals surface area contributed by atoms with Gasteiger partial charge in [0.25, 0.3) is 0 Å². The largest absolute Gasteiger partial charge is 0.486 e. The molecule has 1 unspecified atom stereocenters. The summed E-state index contributed by atoms with van der Waals surface area (Å²) in [6.07, 6.45) is 2.08. The van der Waals surface area contributed by atoms with E-state index >= 15 is 0 Å². The first-order valence-corrected chi connectivity index (χ1v) is 8.47. The van der Waals surface area contributed by atoms with Crippen molar-refractivity contribution in [2.45, 2.75) is 39.3 Å². The van der Waals surface area contributed by atoms with Crippen LogP contribution in [0.3, 0.4) is 0 Å². The molecule has 3 rings (SSSR count). The van der Waals surface area contributed by atoms with Crippen LogP contribution in [0, 0.1) is 0 Å². The third kappa shape index (κ3) is 3.37. The van der Waals surface area contributed by atoms with Gasteiger partial charge in [-0.05, 0) is 48.2 Å². The number of fused-ring (bicyclic) bond motifs is 1. The highest BCUT2D eigenvalue weighted by molar-refractivity contribution is 5.87. The lowest BCUT2D eigenvalue weighted by Crippen LogP contribution is -2.39. The summed E-state index contributed by atoms with van der Waals surface area (Å²) < 4.78 is 6.07. The number of carbonyl (C=O) groups is 1. The third-order valence-corrected chi connectivity index (χ3v) is 4.49. The summed E-state index contributed by atoms with van der Waals surface area (Å²) in [5.41, 5.74) is 3.70. The van der Waals surface area contributed by atoms with Crippen molar-refractivity contribution in [3.05, 3.63) is 59.2 Å². The molecule has 0 fully saturated rings. The van der Waals surface area contributed by atoms with E-state index in [-0.39, 0.29) is 6.10 Å². The van der Waals surface area contributed by atoms with Crippen LogP contribution in [0.5, 0.6) is 5.75 Å². The smallest absolute Gasteiger partial charge is 0.335 e. The van der Waals surface area contributed by atoms with Gasteiger partial charge in [-0.25, -0.2) is 4.79 Å². The van der Waals surface area contributed by atoms with Gasteiger partial charge >= 0.3 is 5.97 Å². The van der Waals surface area contributed by atoms with E-state index in [4.69, 9.17) is 4.74 Å². The fourth-order valence-corrected chi connectivity index (χ4v) is 3.08. The number of hydrogen-bond donors (Lipinski definition) is 1. The Morgan fingerprint density at radius 2 is 2.04 bits per heavy atom. The fourth-order valence-electron chi connectivity index (χ4n) is 3.08. The molecule has 0 saturated carbocycles. The molecule has 0 aromatic heterocycles. The molecule has 0 spiro atoms. The Kier molecular flexibility index (Phi) is 4.74. The number of aryl methyl sites for hydroxylation is 1. The minimum atomic E-state index is -0.890. The van der Waals surface area contributed by atoms with Crippen molar-refractivity contribution in [3.63, 3.8) is 0 Å². The molecule has 0 bridgehead atoms. The number of rotatable bonds is 5. The van der Waals surface area contributed by atoms with Crippen molar-refractivity contribution < 1.29 is 14.6 Å². The van der Waals surface area contributed by atoms with Crippen LogP contribution in [0.15, 0.2) is 42.5 Å². The van der Waals surface area contributed by atoms with E-state index in [0.717, 1.165) is 36.4 Å². The van der Waals surface area contributed by atoms with Crippen LogP contribution in [0.2, 0.25) is 0 Å². The second kappa shape index (κ2) is 6.95. The molecule has 4 nitrogen and oxygen atoms in total. The van der Waals surface area contributed by atoms with E-state index in [1.54, 1.807) is 18.2 Å². The highest BCUT2D eigenvalue weighted by Gasteiger charge is 2.25. The zero-order valence-electron chi connectivity index (χ0n) is 14.2. The Morgan fingerprint density at radius 1 is 1.21 bits per heavy atom. The Hall–Kier alpha value is -2.49. The minimum absolute atomic E-state index is 0.160. The number of benzene rings is 2. The van der Waals surface area contributed by atoms with Gasteiger partial charge in [-0.1, -0.05) is 32.0 Å². The number of ether oxygens (including phenoxy) is 1. The third-order valence-electron chi connectivity index (χ3n) is 4.49. The molecule has 1 atom stereocenters. The van der Waals surface area contributed by atoms with E-state index in [2.05, 4.69) is 36.9 Å². The van der Waals surface area contributed by atoms with Gasteiger partial charge in [-0.2, -0.15) is 0 Å². The fraction of sp³-hybridized carbons (Fsp3) is 0.350. The van der Waals surface area contributed by atoms with Gasteiger partial charge in [-0.3, -0.25) is 0 Å². The molecule has 1 heterocycles. The number of nitrogens with zero attached hydrogens (tertiary/aromatic N) is 1. The maximum Gasteiger partial charge on any atom is 0.335 e. The Morgan fingerprint density at radius 3 is 2.75 bits per heavy atom. The van der Waals surface area contributed by atoms with Crippen LogP contribution in [-0.2, 0) is 13.0 Å². The highest BCUT2D eigenvalue weighted by Crippen LogP contribution is 2.36. The van der Waals surface area contributed by atoms with Crippen LogP contribution >= 0.6 is 0 Å². The van der Waals surface area contributed by atoms with Gasteiger partial charge in [0.15, 0.2) is 0 Å². The van der Waals surface area contributed by atoms with E-state index in [1.807, 2.05) is 6.07 Å². The second-order valence-electron chi connectivity index (χ2n) is 6.19. The maximum atomic E-state index is 11.2. The quantitative estimate of drug-likeness (QED) is 0.898. The number of aromatic carboxylic acids is 1. The molecular formula is C20H23NO3. The lowest BCUT2D eigenvalue weighted by molar-refractivity contribution is 0.0696. The molecule has 1 aliphatic heterocycles. The van der Waals surface area contributed by atoms with Crippen molar-refractivity contribution in [1.29, 1.82) is 0 Å². The average Bonchev–Trinajstić information content (AvgIpc) is 2.61. The van der Waals surface area contributed by atoms with Crippen molar-refractivity contribution in [2.24, 2.45) is 0 Å². The second-order valence-corrected chi connectivity index (χ2v) is 6.19. The monoisotopic (exact) mass is 325 g/mol. The standard InChI is InChI=1S/C20H23NO3/c1-3-14-8-9-19-18(11-14)21(13-17(4-2)24-19)12-15-6-5-7-16(10-15)20(22)23/h5-11,17H,3-4,12-13H2,1-2H3,(H,22,23). The number of carboxylic acids is 1. The van der Waals surface area contributed by atoms with E-state index in [1.165, 1.54) is 5.56 Å². The summed E-state index contributed by atoms with van der Waals surface area (Å²) in [7, 11) is 0. The van der Waals surface area contributed by atoms with Crippen molar-refractivity contribution in [3.8, 4) is 5.75 Å². The average molecular weight is 325 g/mol. The summed E-state index contributed by atoms with van der Waals surface area (Å²) in [4.78, 5) is 13.5. The molecule has 0 saturated heterocycles. The zero-order chi connectivity index (χ0) is 17.1. The van der Waals surface area contributed by atoms with Gasteiger partial charge in [0, 0.05) is 6.54 Å². The lowest BCUT2D eigenvalue weighted by atomic mass is 10.1. The summed E-state index contributed by atoms with van der Waals surface area (Å²) in [5.74, 6) is 0.0265. The zero-order valence-corrected chi connectivity index (χ0v) is 14.2. The number of hydrogen-bond acceptors (Lipinski definition) is 3. The SMILES string of the molecule is CCc1ccc2c(c1)N(Cc1cccc(C(=O)O)c1)CC(CC)O2. The molecule has 1 N–H and O–H groups in total. The Labute approximate surface area is 142 Å². The van der Waals surface area contributed by atoms with Gasteiger partial charge in [0.2, 0.25) is 0 Å². The first-order chi connectivity index (χ1) is 11.6. The molecular weight excluding hydrogens is 302 g/mol. The summed E-state index contributed by atoms with van der Waals surface area (Å²) in [5, 5.41) is 9.19. The van der Waals surface area contributed by atoms with E-state index < -0.39 is 5.97 Å². The Balaban J connectivity index is 1.92. The molecule has 1 aliphatic rings. The lowest BCUT2D eigenvalue weighted by Gasteiger charge is -2.36. The van der Waals surface area contributed by atoms with Gasteiger partial charge in [0.1, 0.15) is 11.9 Å². The molecule has 0 radical (unpaired) electrons. The van der Waals surface area contributed by atoms with Gasteiger partial charge in [0.05, 0.1) is 17.8 Å². The topological polar surface area (TPSA) is 49.8 Å². The highest BCUT2D eigenvalue weighted by atomic mass is 16.5. The summed E-state index contributed by atoms with van der Waals surface area (Å²) in [6, 6.07) is 13.5. The minimum Gasteiger partial charge on any atom is -0.486 e. The predicted molar refractivity (Wildman–Crippen MR) is 95.0 cm³/mol. The molecule has 24 heavy (non-hydrogen) atoms. The van der Waals surface area contributed by atoms with Crippen LogP contribution in [-0.4, -0.2) is 23.7 Å². The van der Waals surface area contributed by atoms with Crippen molar-refractivity contribution in [1.82, 2.24) is 0 Å². The molecule has 2 aromatic rings. The first-order valence-electron chi connectivity index (χ1n) is 8.47. The number of carboxylic acid groups (broad SMARTS) is 1. The van der Waals surface area contributed by atoms with Gasteiger partial charge in [-0.15, -0.1) is 0 Å².